The van der Waals surface area contributed by atoms with Crippen molar-refractivity contribution in [3.05, 3.63) is 10.8 Å². The van der Waals surface area contributed by atoms with Gasteiger partial charge in [-0.2, -0.15) is 0 Å². The highest BCUT2D eigenvalue weighted by Crippen LogP contribution is 2.39. The number of hydrogen-bond donors (Lipinski definition) is 0. The van der Waals surface area contributed by atoms with Crippen molar-refractivity contribution in [2.75, 3.05) is 0 Å². The van der Waals surface area contributed by atoms with Crippen molar-refractivity contribution in [1.82, 2.24) is 0 Å². The van der Waals surface area contributed by atoms with Crippen LogP contribution in [0.1, 0.15) is 73.6 Å². The summed E-state index contributed by atoms with van der Waals surface area (Å²) in [6.45, 7) is 17.8. The molecule has 1 atom stereocenters. The lowest BCUT2D eigenvalue weighted by molar-refractivity contribution is -0.149. The summed E-state index contributed by atoms with van der Waals surface area (Å²) in [6.07, 6.45) is 4.61. The second kappa shape index (κ2) is 9.30. The summed E-state index contributed by atoms with van der Waals surface area (Å²) in [5.74, 6) is 5.25. The van der Waals surface area contributed by atoms with E-state index in [2.05, 4.69) is 31.5 Å². The molecule has 0 radical (unpaired) electrons. The third kappa shape index (κ3) is 8.64. The van der Waals surface area contributed by atoms with Crippen LogP contribution in [0.2, 0.25) is 19.6 Å². The molecule has 0 aromatic heterocycles. The molecule has 1 rings (SSSR count). The largest absolute Gasteiger partial charge is 0.457 e. The lowest BCUT2D eigenvalue weighted by Gasteiger charge is -2.28. The van der Waals surface area contributed by atoms with E-state index in [9.17, 15) is 9.59 Å². The van der Waals surface area contributed by atoms with Gasteiger partial charge < -0.3 is 9.47 Å². The minimum absolute atomic E-state index is 0.145. The van der Waals surface area contributed by atoms with Gasteiger partial charge in [0.25, 0.3) is 0 Å². The van der Waals surface area contributed by atoms with Crippen LogP contribution in [0.25, 0.3) is 0 Å². The van der Waals surface area contributed by atoms with E-state index in [0.717, 1.165) is 30.9 Å². The van der Waals surface area contributed by atoms with Gasteiger partial charge in [0, 0.05) is 17.5 Å². The average molecular weight is 407 g/mol. The van der Waals surface area contributed by atoms with Crippen LogP contribution in [0.15, 0.2) is 10.8 Å². The normalized spacial score (nSPS) is 19.5. The standard InChI is InChI=1S/C23H38O4Si/c1-22(2,3)26-19(24)16-11-10-13-17-14-12-15-18(17)20(28(7,8)9)21(25)27-23(4,5)6/h17H,10,12-15H2,1-9H3/b20-18-. The molecule has 0 aromatic rings. The van der Waals surface area contributed by atoms with Gasteiger partial charge in [-0.15, -0.1) is 0 Å². The summed E-state index contributed by atoms with van der Waals surface area (Å²) < 4.78 is 11.0. The van der Waals surface area contributed by atoms with Gasteiger partial charge in [0.15, 0.2) is 0 Å². The average Bonchev–Trinajstić information content (AvgIpc) is 2.86. The predicted molar refractivity (Wildman–Crippen MR) is 116 cm³/mol. The number of allylic oxidation sites excluding steroid dienone is 1. The van der Waals surface area contributed by atoms with Gasteiger partial charge in [-0.1, -0.05) is 31.1 Å². The van der Waals surface area contributed by atoms with Crippen molar-refractivity contribution in [2.45, 2.75) is 104 Å². The molecule has 1 aliphatic carbocycles. The Kier molecular flexibility index (Phi) is 8.14. The fraction of sp³-hybridized carbons (Fsp3) is 0.739. The van der Waals surface area contributed by atoms with Crippen LogP contribution < -0.4 is 0 Å². The van der Waals surface area contributed by atoms with Gasteiger partial charge in [-0.25, -0.2) is 9.59 Å². The smallest absolute Gasteiger partial charge is 0.384 e. The molecule has 0 aromatic carbocycles. The number of hydrogen-bond acceptors (Lipinski definition) is 4. The molecule has 0 aliphatic heterocycles. The summed E-state index contributed by atoms with van der Waals surface area (Å²) in [6, 6.07) is 0. The van der Waals surface area contributed by atoms with E-state index in [1.807, 2.05) is 41.5 Å². The Hall–Kier alpha value is -1.54. The number of ether oxygens (including phenoxy) is 2. The van der Waals surface area contributed by atoms with Crippen LogP contribution in [0.3, 0.4) is 0 Å². The Balaban J connectivity index is 2.93. The summed E-state index contributed by atoms with van der Waals surface area (Å²) in [5, 5.41) is 0.949. The first-order chi connectivity index (χ1) is 12.6. The van der Waals surface area contributed by atoms with Gasteiger partial charge in [0.05, 0.1) is 8.07 Å². The first kappa shape index (κ1) is 24.5. The third-order valence-electron chi connectivity index (χ3n) is 4.37. The molecule has 28 heavy (non-hydrogen) atoms. The van der Waals surface area contributed by atoms with E-state index in [1.165, 1.54) is 5.57 Å². The molecule has 4 nitrogen and oxygen atoms in total. The molecule has 1 fully saturated rings. The number of carbonyl (C=O) groups excluding carboxylic acids is 2. The second-order valence-electron chi connectivity index (χ2n) is 10.6. The Morgan fingerprint density at radius 3 is 2.11 bits per heavy atom. The molecule has 0 amide bonds. The monoisotopic (exact) mass is 406 g/mol. The molecule has 0 saturated heterocycles. The number of rotatable bonds is 4. The molecule has 1 unspecified atom stereocenters. The van der Waals surface area contributed by atoms with Gasteiger partial charge in [-0.05, 0) is 73.1 Å². The molecule has 0 spiro atoms. The zero-order valence-corrected chi connectivity index (χ0v) is 20.2. The van der Waals surface area contributed by atoms with Crippen molar-refractivity contribution in [3.63, 3.8) is 0 Å². The van der Waals surface area contributed by atoms with Crippen molar-refractivity contribution in [2.24, 2.45) is 5.92 Å². The number of carbonyl (C=O) groups is 2. The van der Waals surface area contributed by atoms with Crippen LogP contribution in [-0.2, 0) is 19.1 Å². The molecule has 1 saturated carbocycles. The van der Waals surface area contributed by atoms with Crippen LogP contribution in [-0.4, -0.2) is 31.2 Å². The third-order valence-corrected chi connectivity index (χ3v) is 6.40. The molecule has 0 heterocycles. The molecular weight excluding hydrogens is 368 g/mol. The maximum absolute atomic E-state index is 13.0. The molecular formula is C23H38O4Si. The summed E-state index contributed by atoms with van der Waals surface area (Å²) >= 11 is 0. The van der Waals surface area contributed by atoms with E-state index in [-0.39, 0.29) is 5.97 Å². The van der Waals surface area contributed by atoms with E-state index in [1.54, 1.807) is 0 Å². The lowest BCUT2D eigenvalue weighted by Crippen LogP contribution is -2.36. The van der Waals surface area contributed by atoms with E-state index < -0.39 is 25.2 Å². The van der Waals surface area contributed by atoms with Crippen molar-refractivity contribution >= 4 is 20.0 Å². The van der Waals surface area contributed by atoms with Crippen LogP contribution in [0, 0.1) is 17.8 Å². The Bertz CT molecular complexity index is 673. The van der Waals surface area contributed by atoms with Crippen LogP contribution >= 0.6 is 0 Å². The lowest BCUT2D eigenvalue weighted by atomic mass is 9.96. The zero-order valence-electron chi connectivity index (χ0n) is 19.2. The van der Waals surface area contributed by atoms with Crippen LogP contribution in [0.4, 0.5) is 0 Å². The fourth-order valence-electron chi connectivity index (χ4n) is 3.50. The quantitative estimate of drug-likeness (QED) is 0.205. The molecule has 0 bridgehead atoms. The first-order valence-corrected chi connectivity index (χ1v) is 13.8. The highest BCUT2D eigenvalue weighted by molar-refractivity contribution is 6.87. The predicted octanol–water partition coefficient (Wildman–Crippen LogP) is 5.43. The Morgan fingerprint density at radius 2 is 1.61 bits per heavy atom. The fourth-order valence-corrected chi connectivity index (χ4v) is 5.45. The Labute approximate surface area is 172 Å². The highest BCUT2D eigenvalue weighted by Gasteiger charge is 2.36. The van der Waals surface area contributed by atoms with Crippen LogP contribution in [0.5, 0.6) is 0 Å². The summed E-state index contributed by atoms with van der Waals surface area (Å²) in [4.78, 5) is 24.7. The second-order valence-corrected chi connectivity index (χ2v) is 15.6. The number of esters is 2. The SMILES string of the molecule is CC(C)(C)OC(=O)C#CCCC1CCC/C1=C(\C(=O)OC(C)(C)C)[Si](C)(C)C. The van der Waals surface area contributed by atoms with E-state index in [4.69, 9.17) is 9.47 Å². The maximum atomic E-state index is 13.0. The van der Waals surface area contributed by atoms with E-state index in [0.29, 0.717) is 12.3 Å². The van der Waals surface area contributed by atoms with Crippen molar-refractivity contribution in [1.29, 1.82) is 0 Å². The highest BCUT2D eigenvalue weighted by atomic mass is 28.3. The summed E-state index contributed by atoms with van der Waals surface area (Å²) in [7, 11) is -1.85. The van der Waals surface area contributed by atoms with Gasteiger partial charge in [-0.3, -0.25) is 0 Å². The summed E-state index contributed by atoms with van der Waals surface area (Å²) in [5.41, 5.74) is 0.259. The first-order valence-electron chi connectivity index (χ1n) is 10.3. The van der Waals surface area contributed by atoms with E-state index >= 15 is 0 Å². The Morgan fingerprint density at radius 1 is 1.04 bits per heavy atom. The minimum atomic E-state index is -1.85. The zero-order chi connectivity index (χ0) is 21.8. The van der Waals surface area contributed by atoms with Crippen molar-refractivity contribution < 1.29 is 19.1 Å². The molecule has 1 aliphatic rings. The van der Waals surface area contributed by atoms with Crippen molar-refractivity contribution in [3.8, 4) is 11.8 Å². The van der Waals surface area contributed by atoms with Gasteiger partial charge >= 0.3 is 11.9 Å². The molecule has 158 valence electrons. The topological polar surface area (TPSA) is 52.6 Å². The minimum Gasteiger partial charge on any atom is -0.457 e. The molecule has 5 heteroatoms. The van der Waals surface area contributed by atoms with Gasteiger partial charge in [0.1, 0.15) is 11.2 Å². The van der Waals surface area contributed by atoms with Gasteiger partial charge in [0.2, 0.25) is 0 Å². The molecule has 0 N–H and O–H groups in total. The maximum Gasteiger partial charge on any atom is 0.384 e.